The Balaban J connectivity index is 2.13. The number of hydrogen-bond acceptors (Lipinski definition) is 4. The van der Waals surface area contributed by atoms with E-state index < -0.39 is 10.0 Å². The number of sulfonamides is 1. The van der Waals surface area contributed by atoms with Gasteiger partial charge in [-0.3, -0.25) is 0 Å². The second kappa shape index (κ2) is 5.83. The molecule has 6 heteroatoms. The van der Waals surface area contributed by atoms with Crippen molar-refractivity contribution in [3.05, 3.63) is 51.7 Å². The topological polar surface area (TPSA) is 66.4 Å². The first-order valence-electron chi connectivity index (χ1n) is 5.76. The van der Waals surface area contributed by atoms with E-state index in [0.29, 0.717) is 5.56 Å². The molecule has 0 radical (unpaired) electrons. The molecule has 0 fully saturated rings. The quantitative estimate of drug-likeness (QED) is 0.887. The van der Waals surface area contributed by atoms with Gasteiger partial charge in [-0.1, -0.05) is 12.1 Å². The molecule has 0 spiro atoms. The molecule has 0 bridgehead atoms. The average molecular weight is 297 g/mol. The highest BCUT2D eigenvalue weighted by Gasteiger charge is 2.14. The molecule has 0 saturated carbocycles. The Labute approximate surface area is 116 Å². The molecule has 2 rings (SSSR count). The van der Waals surface area contributed by atoms with Crippen LogP contribution in [0, 0.1) is 6.92 Å². The van der Waals surface area contributed by atoms with Gasteiger partial charge in [-0.2, -0.15) is 0 Å². The van der Waals surface area contributed by atoms with Crippen molar-refractivity contribution in [2.45, 2.75) is 25.0 Å². The summed E-state index contributed by atoms with van der Waals surface area (Å²) in [6.07, 6.45) is 0. The number of nitrogens with one attached hydrogen (secondary N) is 1. The van der Waals surface area contributed by atoms with Crippen LogP contribution in [0.15, 0.2) is 41.3 Å². The zero-order chi connectivity index (χ0) is 13.9. The molecular formula is C13H15NO3S2. The van der Waals surface area contributed by atoms with Gasteiger partial charge in [-0.15, -0.1) is 11.3 Å². The van der Waals surface area contributed by atoms with Crippen molar-refractivity contribution in [3.63, 3.8) is 0 Å². The summed E-state index contributed by atoms with van der Waals surface area (Å²) in [5.74, 6) is 0. The Morgan fingerprint density at radius 1 is 1.26 bits per heavy atom. The first-order chi connectivity index (χ1) is 9.01. The summed E-state index contributed by atoms with van der Waals surface area (Å²) in [6.45, 7) is 2.09. The van der Waals surface area contributed by atoms with Crippen LogP contribution in [0.4, 0.5) is 0 Å². The van der Waals surface area contributed by atoms with Gasteiger partial charge in [-0.25, -0.2) is 13.1 Å². The summed E-state index contributed by atoms with van der Waals surface area (Å²) >= 11 is 1.56. The van der Waals surface area contributed by atoms with Gasteiger partial charge in [0.2, 0.25) is 10.0 Å². The van der Waals surface area contributed by atoms with E-state index in [1.54, 1.807) is 23.5 Å². The molecule has 1 aromatic carbocycles. The Kier molecular flexibility index (Phi) is 4.36. The number of aliphatic hydroxyl groups excluding tert-OH is 1. The fraction of sp³-hybridized carbons (Fsp3) is 0.231. The highest BCUT2D eigenvalue weighted by atomic mass is 32.2. The van der Waals surface area contributed by atoms with Crippen LogP contribution in [-0.4, -0.2) is 13.5 Å². The molecule has 0 atom stereocenters. The first kappa shape index (κ1) is 14.2. The number of hydrogen-bond donors (Lipinski definition) is 2. The zero-order valence-electron chi connectivity index (χ0n) is 10.5. The van der Waals surface area contributed by atoms with Crippen molar-refractivity contribution in [1.82, 2.24) is 4.72 Å². The van der Waals surface area contributed by atoms with Crippen LogP contribution in [0.25, 0.3) is 0 Å². The summed E-state index contributed by atoms with van der Waals surface area (Å²) in [5.41, 5.74) is 0.579. The van der Waals surface area contributed by atoms with Gasteiger partial charge in [-0.05, 0) is 36.8 Å². The normalized spacial score (nSPS) is 11.7. The van der Waals surface area contributed by atoms with Crippen LogP contribution >= 0.6 is 11.3 Å². The largest absolute Gasteiger partial charge is 0.392 e. The monoisotopic (exact) mass is 297 g/mol. The van der Waals surface area contributed by atoms with Crippen LogP contribution < -0.4 is 4.72 Å². The minimum absolute atomic E-state index is 0.173. The van der Waals surface area contributed by atoms with Gasteiger partial charge < -0.3 is 5.11 Å². The van der Waals surface area contributed by atoms with Gasteiger partial charge in [0, 0.05) is 16.3 Å². The highest BCUT2D eigenvalue weighted by Crippen LogP contribution is 2.16. The number of aryl methyl sites for hydroxylation is 1. The fourth-order valence-electron chi connectivity index (χ4n) is 1.64. The molecule has 2 aromatic rings. The van der Waals surface area contributed by atoms with E-state index in [4.69, 9.17) is 5.11 Å². The lowest BCUT2D eigenvalue weighted by Gasteiger charge is -2.06. The maximum atomic E-state index is 12.1. The van der Waals surface area contributed by atoms with Crippen molar-refractivity contribution in [3.8, 4) is 0 Å². The second-order valence-corrected chi connectivity index (χ2v) is 7.28. The molecule has 0 amide bonds. The average Bonchev–Trinajstić information content (AvgIpc) is 2.82. The Bertz CT molecular complexity index is 662. The third-order valence-electron chi connectivity index (χ3n) is 2.62. The van der Waals surface area contributed by atoms with Gasteiger partial charge in [0.05, 0.1) is 11.5 Å². The van der Waals surface area contributed by atoms with Crippen LogP contribution in [0.1, 0.15) is 15.3 Å². The van der Waals surface area contributed by atoms with E-state index in [0.717, 1.165) is 9.75 Å². The van der Waals surface area contributed by atoms with Gasteiger partial charge in [0.15, 0.2) is 0 Å². The standard InChI is InChI=1S/C13H15NO3S2/c1-10-5-6-12(18-10)8-14-19(16,17)13-4-2-3-11(7-13)9-15/h2-7,14-15H,8-9H2,1H3. The molecule has 0 aliphatic rings. The van der Waals surface area contributed by atoms with Gasteiger partial charge in [0.25, 0.3) is 0 Å². The van der Waals surface area contributed by atoms with Crippen molar-refractivity contribution >= 4 is 21.4 Å². The number of rotatable bonds is 5. The smallest absolute Gasteiger partial charge is 0.240 e. The molecule has 4 nitrogen and oxygen atoms in total. The van der Waals surface area contributed by atoms with Crippen LogP contribution in [-0.2, 0) is 23.2 Å². The zero-order valence-corrected chi connectivity index (χ0v) is 12.1. The van der Waals surface area contributed by atoms with E-state index >= 15 is 0 Å². The molecule has 0 aliphatic carbocycles. The maximum absolute atomic E-state index is 12.1. The predicted molar refractivity (Wildman–Crippen MR) is 75.4 cm³/mol. The van der Waals surface area contributed by atoms with E-state index in [9.17, 15) is 8.42 Å². The van der Waals surface area contributed by atoms with E-state index in [-0.39, 0.29) is 18.0 Å². The molecule has 0 saturated heterocycles. The predicted octanol–water partition coefficient (Wildman–Crippen LogP) is 2.03. The molecule has 1 aromatic heterocycles. The maximum Gasteiger partial charge on any atom is 0.240 e. The van der Waals surface area contributed by atoms with Crippen molar-refractivity contribution < 1.29 is 13.5 Å². The molecule has 102 valence electrons. The minimum atomic E-state index is -3.54. The van der Waals surface area contributed by atoms with E-state index in [1.165, 1.54) is 12.1 Å². The fourth-order valence-corrected chi connectivity index (χ4v) is 3.64. The van der Waals surface area contributed by atoms with E-state index in [1.807, 2.05) is 19.1 Å². The molecule has 2 N–H and O–H groups in total. The number of aliphatic hydroxyl groups is 1. The lowest BCUT2D eigenvalue weighted by Crippen LogP contribution is -2.22. The van der Waals surface area contributed by atoms with Crippen molar-refractivity contribution in [2.75, 3.05) is 0 Å². The Morgan fingerprint density at radius 2 is 2.05 bits per heavy atom. The van der Waals surface area contributed by atoms with Crippen LogP contribution in [0.5, 0.6) is 0 Å². The molecule has 0 aliphatic heterocycles. The van der Waals surface area contributed by atoms with E-state index in [2.05, 4.69) is 4.72 Å². The van der Waals surface area contributed by atoms with Crippen molar-refractivity contribution in [2.24, 2.45) is 0 Å². The Hall–Kier alpha value is -1.21. The van der Waals surface area contributed by atoms with Crippen molar-refractivity contribution in [1.29, 1.82) is 0 Å². The Morgan fingerprint density at radius 3 is 2.68 bits per heavy atom. The van der Waals surface area contributed by atoms with Gasteiger partial charge in [0.1, 0.15) is 0 Å². The second-order valence-electron chi connectivity index (χ2n) is 4.14. The lowest BCUT2D eigenvalue weighted by molar-refractivity contribution is 0.281. The lowest BCUT2D eigenvalue weighted by atomic mass is 10.2. The summed E-state index contributed by atoms with van der Waals surface area (Å²) in [5, 5.41) is 9.02. The SMILES string of the molecule is Cc1ccc(CNS(=O)(=O)c2cccc(CO)c2)s1. The number of benzene rings is 1. The third kappa shape index (κ3) is 3.63. The third-order valence-corrected chi connectivity index (χ3v) is 5.02. The molecule has 19 heavy (non-hydrogen) atoms. The molecular weight excluding hydrogens is 282 g/mol. The van der Waals surface area contributed by atoms with Gasteiger partial charge >= 0.3 is 0 Å². The molecule has 1 heterocycles. The van der Waals surface area contributed by atoms with Crippen LogP contribution in [0.3, 0.4) is 0 Å². The summed E-state index contributed by atoms with van der Waals surface area (Å²) in [7, 11) is -3.54. The minimum Gasteiger partial charge on any atom is -0.392 e. The summed E-state index contributed by atoms with van der Waals surface area (Å²) < 4.78 is 26.7. The number of thiophene rings is 1. The summed E-state index contributed by atoms with van der Waals surface area (Å²) in [6, 6.07) is 10.2. The first-order valence-corrected chi connectivity index (χ1v) is 8.06. The van der Waals surface area contributed by atoms with Crippen LogP contribution in [0.2, 0.25) is 0 Å². The summed E-state index contributed by atoms with van der Waals surface area (Å²) in [4.78, 5) is 2.29. The highest BCUT2D eigenvalue weighted by molar-refractivity contribution is 7.89. The molecule has 0 unspecified atom stereocenters.